The smallest absolute Gasteiger partial charge is 0.255 e. The number of allylic oxidation sites excluding steroid dienone is 1. The highest BCUT2D eigenvalue weighted by Gasteiger charge is 2.34. The van der Waals surface area contributed by atoms with Crippen LogP contribution in [-0.4, -0.2) is 39.3 Å². The fraction of sp³-hybridized carbons (Fsp3) is 0.333. The Labute approximate surface area is 192 Å². The molecule has 0 spiro atoms. The van der Waals surface area contributed by atoms with Crippen molar-refractivity contribution in [2.24, 2.45) is 0 Å². The monoisotopic (exact) mass is 448 g/mol. The van der Waals surface area contributed by atoms with Crippen molar-refractivity contribution in [3.05, 3.63) is 65.4 Å². The minimum Gasteiger partial charge on any atom is -0.494 e. The van der Waals surface area contributed by atoms with Gasteiger partial charge in [0.05, 0.1) is 24.5 Å². The number of amides is 1. The van der Waals surface area contributed by atoms with Crippen LogP contribution in [-0.2, 0) is 4.79 Å². The van der Waals surface area contributed by atoms with Crippen LogP contribution >= 0.6 is 0 Å². The van der Waals surface area contributed by atoms with Crippen molar-refractivity contribution in [2.75, 3.05) is 23.8 Å². The molecule has 2 N–H and O–H groups in total. The van der Waals surface area contributed by atoms with E-state index in [4.69, 9.17) is 9.47 Å². The molecule has 9 heteroatoms. The van der Waals surface area contributed by atoms with E-state index in [1.165, 1.54) is 0 Å². The van der Waals surface area contributed by atoms with E-state index in [1.807, 2.05) is 62.4 Å². The summed E-state index contributed by atoms with van der Waals surface area (Å²) >= 11 is 0. The predicted molar refractivity (Wildman–Crippen MR) is 125 cm³/mol. The third-order valence-corrected chi connectivity index (χ3v) is 5.33. The van der Waals surface area contributed by atoms with E-state index in [9.17, 15) is 4.79 Å². The number of nitrogens with one attached hydrogen (secondary N) is 2. The number of nitrogens with zero attached hydrogens (tertiary/aromatic N) is 4. The van der Waals surface area contributed by atoms with Crippen LogP contribution in [0.2, 0.25) is 0 Å². The van der Waals surface area contributed by atoms with Crippen molar-refractivity contribution in [1.82, 2.24) is 20.2 Å². The summed E-state index contributed by atoms with van der Waals surface area (Å²) in [6.07, 6.45) is 2.03. The van der Waals surface area contributed by atoms with Crippen LogP contribution in [0.3, 0.4) is 0 Å². The maximum atomic E-state index is 13.6. The maximum absolute atomic E-state index is 13.6. The van der Waals surface area contributed by atoms with Crippen LogP contribution in [0, 0.1) is 0 Å². The second-order valence-corrected chi connectivity index (χ2v) is 7.67. The molecule has 3 aromatic rings. The Morgan fingerprint density at radius 2 is 2.00 bits per heavy atom. The largest absolute Gasteiger partial charge is 0.494 e. The molecule has 2 heterocycles. The van der Waals surface area contributed by atoms with Gasteiger partial charge in [-0.3, -0.25) is 4.79 Å². The number of carbonyl (C=O) groups is 1. The van der Waals surface area contributed by atoms with E-state index < -0.39 is 6.04 Å². The first-order chi connectivity index (χ1) is 16.1. The summed E-state index contributed by atoms with van der Waals surface area (Å²) in [5.74, 6) is 1.56. The van der Waals surface area contributed by atoms with Crippen LogP contribution in [0.1, 0.15) is 45.2 Å². The quantitative estimate of drug-likeness (QED) is 0.473. The van der Waals surface area contributed by atoms with Crippen molar-refractivity contribution < 1.29 is 14.3 Å². The van der Waals surface area contributed by atoms with Gasteiger partial charge in [-0.1, -0.05) is 42.7 Å². The van der Waals surface area contributed by atoms with Crippen molar-refractivity contribution >= 4 is 17.5 Å². The first kappa shape index (κ1) is 22.3. The number of ether oxygens (including phenoxy) is 2. The molecule has 1 atom stereocenters. The first-order valence-electron chi connectivity index (χ1n) is 11.1. The minimum atomic E-state index is -0.523. The number of tetrazole rings is 1. The maximum Gasteiger partial charge on any atom is 0.255 e. The standard InChI is InChI=1S/C24H28N6O3/c1-4-6-14-33-18-11-9-10-17(15-18)22-21(16(3)25-24-27-28-29-30(22)24)23(31)26-19-12-7-8-13-20(19)32-5-2/h7-13,15,22H,4-6,14H2,1-3H3,(H,26,31)(H,25,27,29). The van der Waals surface area contributed by atoms with Crippen LogP contribution in [0.5, 0.6) is 11.5 Å². The zero-order chi connectivity index (χ0) is 23.2. The lowest BCUT2D eigenvalue weighted by molar-refractivity contribution is -0.113. The zero-order valence-corrected chi connectivity index (χ0v) is 19.0. The van der Waals surface area contributed by atoms with Crippen LogP contribution in [0.25, 0.3) is 0 Å². The molecule has 0 saturated carbocycles. The molecule has 0 radical (unpaired) electrons. The molecule has 9 nitrogen and oxygen atoms in total. The molecular formula is C24H28N6O3. The molecule has 1 unspecified atom stereocenters. The van der Waals surface area contributed by atoms with Gasteiger partial charge >= 0.3 is 0 Å². The molecule has 0 fully saturated rings. The number of rotatable bonds is 9. The number of anilines is 2. The molecule has 0 saturated heterocycles. The van der Waals surface area contributed by atoms with Gasteiger partial charge in [0.1, 0.15) is 17.5 Å². The van der Waals surface area contributed by atoms with Gasteiger partial charge in [0, 0.05) is 5.70 Å². The number of hydrogen-bond donors (Lipinski definition) is 2. The molecule has 4 rings (SSSR count). The number of fused-ring (bicyclic) bond motifs is 1. The molecule has 0 bridgehead atoms. The van der Waals surface area contributed by atoms with Gasteiger partial charge in [-0.15, -0.1) is 0 Å². The number of para-hydroxylation sites is 2. The summed E-state index contributed by atoms with van der Waals surface area (Å²) in [4.78, 5) is 13.6. The molecule has 0 aliphatic carbocycles. The van der Waals surface area contributed by atoms with Gasteiger partial charge in [0.25, 0.3) is 5.91 Å². The molecule has 33 heavy (non-hydrogen) atoms. The van der Waals surface area contributed by atoms with E-state index in [1.54, 1.807) is 4.68 Å². The van der Waals surface area contributed by atoms with Crippen molar-refractivity contribution in [1.29, 1.82) is 0 Å². The fourth-order valence-electron chi connectivity index (χ4n) is 3.76. The van der Waals surface area contributed by atoms with Gasteiger partial charge in [0.15, 0.2) is 0 Å². The lowest BCUT2D eigenvalue weighted by Gasteiger charge is -2.28. The van der Waals surface area contributed by atoms with Crippen molar-refractivity contribution in [3.8, 4) is 11.5 Å². The van der Waals surface area contributed by atoms with Gasteiger partial charge < -0.3 is 20.1 Å². The van der Waals surface area contributed by atoms with E-state index >= 15 is 0 Å². The van der Waals surface area contributed by atoms with E-state index in [0.717, 1.165) is 24.2 Å². The normalized spacial score (nSPS) is 14.9. The molecule has 1 aliphatic rings. The van der Waals surface area contributed by atoms with Gasteiger partial charge in [-0.05, 0) is 60.5 Å². The predicted octanol–water partition coefficient (Wildman–Crippen LogP) is 4.18. The van der Waals surface area contributed by atoms with E-state index in [-0.39, 0.29) is 5.91 Å². The number of carbonyl (C=O) groups excluding carboxylic acids is 1. The van der Waals surface area contributed by atoms with E-state index in [2.05, 4.69) is 33.1 Å². The molecule has 172 valence electrons. The molecule has 1 aromatic heterocycles. The lowest BCUT2D eigenvalue weighted by atomic mass is 9.94. The van der Waals surface area contributed by atoms with Crippen molar-refractivity contribution in [2.45, 2.75) is 39.7 Å². The second kappa shape index (κ2) is 10.2. The van der Waals surface area contributed by atoms with Crippen LogP contribution in [0.4, 0.5) is 11.6 Å². The summed E-state index contributed by atoms with van der Waals surface area (Å²) in [5, 5.41) is 18.1. The third kappa shape index (κ3) is 4.82. The Hall–Kier alpha value is -3.88. The van der Waals surface area contributed by atoms with Crippen LogP contribution in [0.15, 0.2) is 59.8 Å². The number of benzene rings is 2. The lowest BCUT2D eigenvalue weighted by Crippen LogP contribution is -2.31. The fourth-order valence-corrected chi connectivity index (χ4v) is 3.76. The second-order valence-electron chi connectivity index (χ2n) is 7.67. The molecule has 1 aliphatic heterocycles. The Kier molecular flexibility index (Phi) is 6.87. The molecular weight excluding hydrogens is 420 g/mol. The highest BCUT2D eigenvalue weighted by Crippen LogP contribution is 2.36. The highest BCUT2D eigenvalue weighted by molar-refractivity contribution is 6.06. The SMILES string of the molecule is CCCCOc1cccc(C2C(C(=O)Nc3ccccc3OCC)=C(C)Nc3nnnn32)c1. The number of hydrogen-bond acceptors (Lipinski definition) is 7. The topological polar surface area (TPSA) is 103 Å². The summed E-state index contributed by atoms with van der Waals surface area (Å²) < 4.78 is 13.2. The number of aromatic nitrogens is 4. The summed E-state index contributed by atoms with van der Waals surface area (Å²) in [5.41, 5.74) is 2.63. The first-order valence-corrected chi connectivity index (χ1v) is 11.1. The summed E-state index contributed by atoms with van der Waals surface area (Å²) in [6, 6.07) is 14.6. The average Bonchev–Trinajstić information content (AvgIpc) is 3.28. The minimum absolute atomic E-state index is 0.268. The Balaban J connectivity index is 1.69. The van der Waals surface area contributed by atoms with Crippen LogP contribution < -0.4 is 20.1 Å². The van der Waals surface area contributed by atoms with Gasteiger partial charge in [-0.25, -0.2) is 0 Å². The zero-order valence-electron chi connectivity index (χ0n) is 19.0. The van der Waals surface area contributed by atoms with Gasteiger partial charge in [0.2, 0.25) is 5.95 Å². The molecule has 1 amide bonds. The Morgan fingerprint density at radius 1 is 1.15 bits per heavy atom. The summed E-state index contributed by atoms with van der Waals surface area (Å²) in [7, 11) is 0. The third-order valence-electron chi connectivity index (χ3n) is 5.33. The Morgan fingerprint density at radius 3 is 2.82 bits per heavy atom. The highest BCUT2D eigenvalue weighted by atomic mass is 16.5. The Bertz CT molecular complexity index is 1160. The molecule has 2 aromatic carbocycles. The van der Waals surface area contributed by atoms with Gasteiger partial charge in [-0.2, -0.15) is 4.68 Å². The van der Waals surface area contributed by atoms with Crippen molar-refractivity contribution in [3.63, 3.8) is 0 Å². The average molecular weight is 449 g/mol. The number of unbranched alkanes of at least 4 members (excludes halogenated alkanes) is 1. The summed E-state index contributed by atoms with van der Waals surface area (Å²) in [6.45, 7) is 7.00. The van der Waals surface area contributed by atoms with E-state index in [0.29, 0.717) is 41.9 Å².